The molecule has 0 radical (unpaired) electrons. The van der Waals surface area contributed by atoms with E-state index in [1.165, 1.54) is 12.8 Å². The van der Waals surface area contributed by atoms with Gasteiger partial charge in [0.15, 0.2) is 5.96 Å². The monoisotopic (exact) mass is 338 g/mol. The van der Waals surface area contributed by atoms with Crippen molar-refractivity contribution in [1.29, 1.82) is 0 Å². The van der Waals surface area contributed by atoms with Crippen molar-refractivity contribution in [1.82, 2.24) is 10.6 Å². The summed E-state index contributed by atoms with van der Waals surface area (Å²) in [4.78, 5) is 15.1. The van der Waals surface area contributed by atoms with E-state index in [0.29, 0.717) is 12.5 Å². The molecule has 1 amide bonds. The van der Waals surface area contributed by atoms with E-state index in [2.05, 4.69) is 22.2 Å². The highest BCUT2D eigenvalue weighted by atomic mass is 127. The summed E-state index contributed by atoms with van der Waals surface area (Å²) in [6.45, 7) is 4.94. The van der Waals surface area contributed by atoms with Crippen LogP contribution in [0.15, 0.2) is 17.6 Å². The van der Waals surface area contributed by atoms with Crippen LogP contribution in [0.3, 0.4) is 0 Å². The lowest BCUT2D eigenvalue weighted by molar-refractivity contribution is -0.119. The molecule has 1 fully saturated rings. The zero-order valence-corrected chi connectivity index (χ0v) is 11.6. The standard InChI is InChI=1S/C10H18N4O.HI/c1-2-5-12-10(11)14-7-9(15)13-6-8-3-4-8;/h2,8H,1,3-7H2,(H,13,15)(H3,11,12,14);1H. The molecule has 5 nitrogen and oxygen atoms in total. The Hall–Kier alpha value is -0.790. The second-order valence-corrected chi connectivity index (χ2v) is 3.62. The number of hydrogen-bond donors (Lipinski definition) is 3. The second kappa shape index (κ2) is 8.37. The fourth-order valence-electron chi connectivity index (χ4n) is 1.03. The van der Waals surface area contributed by atoms with Gasteiger partial charge in [-0.25, -0.2) is 4.99 Å². The van der Waals surface area contributed by atoms with E-state index < -0.39 is 0 Å². The summed E-state index contributed by atoms with van der Waals surface area (Å²) in [6.07, 6.45) is 4.13. The van der Waals surface area contributed by atoms with Crippen molar-refractivity contribution in [3.05, 3.63) is 12.7 Å². The van der Waals surface area contributed by atoms with Crippen LogP contribution < -0.4 is 16.4 Å². The van der Waals surface area contributed by atoms with Crippen LogP contribution in [0.2, 0.25) is 0 Å². The molecule has 0 bridgehead atoms. The molecule has 0 unspecified atom stereocenters. The van der Waals surface area contributed by atoms with Gasteiger partial charge in [-0.1, -0.05) is 6.08 Å². The topological polar surface area (TPSA) is 79.5 Å². The van der Waals surface area contributed by atoms with Gasteiger partial charge in [0.05, 0.1) is 0 Å². The number of rotatable bonds is 6. The zero-order chi connectivity index (χ0) is 11.1. The first kappa shape index (κ1) is 15.2. The van der Waals surface area contributed by atoms with E-state index in [1.807, 2.05) is 0 Å². The maximum atomic E-state index is 11.2. The van der Waals surface area contributed by atoms with Gasteiger partial charge in [-0.3, -0.25) is 4.79 Å². The van der Waals surface area contributed by atoms with Crippen molar-refractivity contribution in [3.8, 4) is 0 Å². The maximum absolute atomic E-state index is 11.2. The van der Waals surface area contributed by atoms with E-state index >= 15 is 0 Å². The normalized spacial score (nSPS) is 14.9. The van der Waals surface area contributed by atoms with Crippen LogP contribution in [0.5, 0.6) is 0 Å². The maximum Gasteiger partial charge on any atom is 0.241 e. The highest BCUT2D eigenvalue weighted by Crippen LogP contribution is 2.27. The third-order valence-electron chi connectivity index (χ3n) is 2.11. The molecule has 0 aromatic carbocycles. The van der Waals surface area contributed by atoms with Crippen molar-refractivity contribution < 1.29 is 4.79 Å². The lowest BCUT2D eigenvalue weighted by Gasteiger charge is -2.03. The molecule has 92 valence electrons. The summed E-state index contributed by atoms with van der Waals surface area (Å²) in [5, 5.41) is 5.60. The van der Waals surface area contributed by atoms with Gasteiger partial charge in [-0.05, 0) is 18.8 Å². The number of nitrogens with two attached hydrogens (primary N) is 1. The van der Waals surface area contributed by atoms with Gasteiger partial charge in [0.25, 0.3) is 0 Å². The van der Waals surface area contributed by atoms with E-state index in [1.54, 1.807) is 6.08 Å². The molecule has 0 aliphatic heterocycles. The van der Waals surface area contributed by atoms with Crippen LogP contribution >= 0.6 is 24.0 Å². The van der Waals surface area contributed by atoms with Crippen molar-refractivity contribution >= 4 is 35.8 Å². The largest absolute Gasteiger partial charge is 0.370 e. The zero-order valence-electron chi connectivity index (χ0n) is 9.24. The first-order valence-corrected chi connectivity index (χ1v) is 5.13. The summed E-state index contributed by atoms with van der Waals surface area (Å²) < 4.78 is 0. The molecule has 1 aliphatic rings. The van der Waals surface area contributed by atoms with Gasteiger partial charge < -0.3 is 16.4 Å². The van der Waals surface area contributed by atoms with E-state index in [4.69, 9.17) is 5.73 Å². The van der Waals surface area contributed by atoms with Crippen LogP contribution in [0.25, 0.3) is 0 Å². The Bertz CT molecular complexity index is 264. The quantitative estimate of drug-likeness (QED) is 0.281. The first-order valence-electron chi connectivity index (χ1n) is 5.13. The van der Waals surface area contributed by atoms with Crippen molar-refractivity contribution in [3.63, 3.8) is 0 Å². The Balaban J connectivity index is 0.00000225. The van der Waals surface area contributed by atoms with Crippen LogP contribution in [-0.2, 0) is 4.79 Å². The number of amides is 1. The predicted molar refractivity (Wildman–Crippen MR) is 75.8 cm³/mol. The number of halogens is 1. The minimum Gasteiger partial charge on any atom is -0.370 e. The van der Waals surface area contributed by atoms with Gasteiger partial charge in [-0.15, -0.1) is 30.6 Å². The Labute approximate surface area is 113 Å². The molecule has 0 aromatic heterocycles. The molecule has 16 heavy (non-hydrogen) atoms. The highest BCUT2D eigenvalue weighted by Gasteiger charge is 2.21. The third kappa shape index (κ3) is 7.49. The van der Waals surface area contributed by atoms with Crippen LogP contribution in [0.1, 0.15) is 12.8 Å². The van der Waals surface area contributed by atoms with Crippen LogP contribution in [-0.4, -0.2) is 31.5 Å². The number of nitrogens with one attached hydrogen (secondary N) is 2. The Morgan fingerprint density at radius 1 is 1.50 bits per heavy atom. The third-order valence-corrected chi connectivity index (χ3v) is 2.11. The molecule has 0 aromatic rings. The summed E-state index contributed by atoms with van der Waals surface area (Å²) in [6, 6.07) is 0. The van der Waals surface area contributed by atoms with E-state index in [-0.39, 0.29) is 42.4 Å². The lowest BCUT2D eigenvalue weighted by Crippen LogP contribution is -2.34. The Morgan fingerprint density at radius 2 is 2.19 bits per heavy atom. The second-order valence-electron chi connectivity index (χ2n) is 3.62. The molecule has 1 aliphatic carbocycles. The van der Waals surface area contributed by atoms with E-state index in [0.717, 1.165) is 6.54 Å². The highest BCUT2D eigenvalue weighted by molar-refractivity contribution is 14.0. The summed E-state index contributed by atoms with van der Waals surface area (Å²) >= 11 is 0. The van der Waals surface area contributed by atoms with E-state index in [9.17, 15) is 4.79 Å². The number of carbonyl (C=O) groups excluding carboxylic acids is 1. The Morgan fingerprint density at radius 3 is 2.75 bits per heavy atom. The summed E-state index contributed by atoms with van der Waals surface area (Å²) in [5.74, 6) is 0.885. The van der Waals surface area contributed by atoms with Crippen LogP contribution in [0, 0.1) is 5.92 Å². The first-order chi connectivity index (χ1) is 7.22. The Kier molecular flexibility index (Phi) is 7.96. The molecule has 1 saturated carbocycles. The summed E-state index contributed by atoms with van der Waals surface area (Å²) in [7, 11) is 0. The van der Waals surface area contributed by atoms with Crippen molar-refractivity contribution in [2.75, 3.05) is 19.6 Å². The molecule has 0 heterocycles. The molecule has 0 spiro atoms. The van der Waals surface area contributed by atoms with Crippen LogP contribution in [0.4, 0.5) is 0 Å². The average molecular weight is 338 g/mol. The molecular weight excluding hydrogens is 319 g/mol. The van der Waals surface area contributed by atoms with Gasteiger partial charge in [-0.2, -0.15) is 0 Å². The SMILES string of the molecule is C=CCNC(N)=NCC(=O)NCC1CC1.I. The number of guanidine groups is 1. The number of aliphatic imine (C=N–C) groups is 1. The number of carbonyl (C=O) groups is 1. The van der Waals surface area contributed by atoms with Gasteiger partial charge >= 0.3 is 0 Å². The van der Waals surface area contributed by atoms with Crippen molar-refractivity contribution in [2.24, 2.45) is 16.6 Å². The smallest absolute Gasteiger partial charge is 0.241 e. The average Bonchev–Trinajstić information content (AvgIpc) is 3.04. The summed E-state index contributed by atoms with van der Waals surface area (Å²) in [5.41, 5.74) is 5.49. The van der Waals surface area contributed by atoms with Gasteiger partial charge in [0.1, 0.15) is 6.54 Å². The molecule has 0 saturated heterocycles. The number of hydrogen-bond acceptors (Lipinski definition) is 2. The number of nitrogens with zero attached hydrogens (tertiary/aromatic N) is 1. The molecule has 6 heteroatoms. The molecule has 0 atom stereocenters. The lowest BCUT2D eigenvalue weighted by atomic mass is 10.4. The molecule has 1 rings (SSSR count). The predicted octanol–water partition coefficient (Wildman–Crippen LogP) is 0.221. The minimum absolute atomic E-state index is 0. The fraction of sp³-hybridized carbons (Fsp3) is 0.600. The molecular formula is C10H19IN4O. The van der Waals surface area contributed by atoms with Gasteiger partial charge in [0, 0.05) is 13.1 Å². The molecule has 4 N–H and O–H groups in total. The van der Waals surface area contributed by atoms with Gasteiger partial charge in [0.2, 0.25) is 5.91 Å². The minimum atomic E-state index is -0.0785. The van der Waals surface area contributed by atoms with Crippen molar-refractivity contribution in [2.45, 2.75) is 12.8 Å². The fourth-order valence-corrected chi connectivity index (χ4v) is 1.03.